The first-order valence-electron chi connectivity index (χ1n) is 16.6. The third-order valence-corrected chi connectivity index (χ3v) is 10.1. The summed E-state index contributed by atoms with van der Waals surface area (Å²) in [4.78, 5) is 10.3. The molecule has 0 unspecified atom stereocenters. The molecule has 0 aliphatic heterocycles. The predicted molar refractivity (Wildman–Crippen MR) is 200 cm³/mol. The van der Waals surface area contributed by atoms with Crippen LogP contribution >= 0.6 is 0 Å². The molecule has 0 bridgehead atoms. The van der Waals surface area contributed by atoms with E-state index in [0.717, 1.165) is 55.6 Å². The van der Waals surface area contributed by atoms with Gasteiger partial charge in [0.1, 0.15) is 0 Å². The molecule has 50 heavy (non-hydrogen) atoms. The standard InChI is InChI=1S/C45H29N5/c1-45(2)38-11-7-6-10-34(38)35-19-16-32(24-39(35)45)41-25-40(30-8-4-3-5-9-30)48-44(49-41)31-14-17-33(18-15-31)50-42-20-12-28(26-46)22-36(42)37-23-29(27-47)13-21-43(37)50/h3-25H,1-2H3. The highest BCUT2D eigenvalue weighted by Gasteiger charge is 2.35. The number of rotatable bonds is 4. The number of hydrogen-bond donors (Lipinski definition) is 0. The molecule has 0 radical (unpaired) electrons. The highest BCUT2D eigenvalue weighted by atomic mass is 15.0. The molecular weight excluding hydrogens is 611 g/mol. The van der Waals surface area contributed by atoms with E-state index in [9.17, 15) is 10.5 Å². The maximum absolute atomic E-state index is 9.60. The van der Waals surface area contributed by atoms with Gasteiger partial charge < -0.3 is 4.57 Å². The van der Waals surface area contributed by atoms with Crippen molar-refractivity contribution >= 4 is 21.8 Å². The molecule has 0 spiro atoms. The lowest BCUT2D eigenvalue weighted by atomic mass is 9.82. The zero-order chi connectivity index (χ0) is 34.0. The Balaban J connectivity index is 1.17. The first-order valence-corrected chi connectivity index (χ1v) is 16.6. The highest BCUT2D eigenvalue weighted by molar-refractivity contribution is 6.10. The second-order valence-corrected chi connectivity index (χ2v) is 13.3. The molecule has 2 heterocycles. The van der Waals surface area contributed by atoms with E-state index >= 15 is 0 Å². The largest absolute Gasteiger partial charge is 0.309 e. The summed E-state index contributed by atoms with van der Waals surface area (Å²) >= 11 is 0. The Morgan fingerprint density at radius 2 is 1.10 bits per heavy atom. The lowest BCUT2D eigenvalue weighted by Gasteiger charge is -2.22. The van der Waals surface area contributed by atoms with Gasteiger partial charge in [-0.25, -0.2) is 9.97 Å². The van der Waals surface area contributed by atoms with Crippen molar-refractivity contribution < 1.29 is 0 Å². The molecule has 1 aliphatic rings. The summed E-state index contributed by atoms with van der Waals surface area (Å²) in [6.07, 6.45) is 0. The van der Waals surface area contributed by atoms with Gasteiger partial charge in [0.15, 0.2) is 5.82 Å². The van der Waals surface area contributed by atoms with Crippen molar-refractivity contribution in [1.29, 1.82) is 10.5 Å². The van der Waals surface area contributed by atoms with Crippen LogP contribution in [-0.4, -0.2) is 14.5 Å². The fourth-order valence-electron chi connectivity index (χ4n) is 7.54. The minimum absolute atomic E-state index is 0.116. The van der Waals surface area contributed by atoms with E-state index in [1.807, 2.05) is 54.6 Å². The molecule has 1 aliphatic carbocycles. The number of benzene rings is 6. The molecule has 0 fully saturated rings. The molecule has 0 atom stereocenters. The lowest BCUT2D eigenvalue weighted by Crippen LogP contribution is -2.14. The maximum atomic E-state index is 9.60. The van der Waals surface area contributed by atoms with Crippen LogP contribution in [0.15, 0.2) is 140 Å². The second-order valence-electron chi connectivity index (χ2n) is 13.3. The maximum Gasteiger partial charge on any atom is 0.160 e. The normalized spacial score (nSPS) is 12.7. The Bertz CT molecular complexity index is 2670. The number of hydrogen-bond acceptors (Lipinski definition) is 4. The molecule has 0 N–H and O–H groups in total. The molecule has 0 saturated carbocycles. The Kier molecular flexibility index (Phi) is 6.53. The number of aromatic nitrogens is 3. The number of nitrogens with zero attached hydrogens (tertiary/aromatic N) is 5. The van der Waals surface area contributed by atoms with Gasteiger partial charge in [0.2, 0.25) is 0 Å². The predicted octanol–water partition coefficient (Wildman–Crippen LogP) is 10.6. The van der Waals surface area contributed by atoms with Gasteiger partial charge in [-0.1, -0.05) is 80.6 Å². The lowest BCUT2D eigenvalue weighted by molar-refractivity contribution is 0.660. The van der Waals surface area contributed by atoms with Crippen LogP contribution in [0.2, 0.25) is 0 Å². The van der Waals surface area contributed by atoms with Gasteiger partial charge in [-0.15, -0.1) is 0 Å². The second kappa shape index (κ2) is 11.1. The van der Waals surface area contributed by atoms with E-state index in [0.29, 0.717) is 17.0 Å². The monoisotopic (exact) mass is 639 g/mol. The van der Waals surface area contributed by atoms with Gasteiger partial charge in [-0.3, -0.25) is 0 Å². The minimum Gasteiger partial charge on any atom is -0.309 e. The highest BCUT2D eigenvalue weighted by Crippen LogP contribution is 2.49. The van der Waals surface area contributed by atoms with Crippen molar-refractivity contribution in [2.45, 2.75) is 19.3 Å². The van der Waals surface area contributed by atoms with Crippen molar-refractivity contribution in [3.8, 4) is 62.9 Å². The van der Waals surface area contributed by atoms with Crippen molar-refractivity contribution in [1.82, 2.24) is 14.5 Å². The van der Waals surface area contributed by atoms with Crippen LogP contribution in [0.4, 0.5) is 0 Å². The molecule has 2 aromatic heterocycles. The van der Waals surface area contributed by atoms with Crippen molar-refractivity contribution in [2.75, 3.05) is 0 Å². The zero-order valence-electron chi connectivity index (χ0n) is 27.5. The van der Waals surface area contributed by atoms with E-state index in [-0.39, 0.29) is 5.41 Å². The Morgan fingerprint density at radius 3 is 1.76 bits per heavy atom. The number of fused-ring (bicyclic) bond motifs is 6. The molecule has 8 aromatic rings. The Morgan fingerprint density at radius 1 is 0.520 bits per heavy atom. The summed E-state index contributed by atoms with van der Waals surface area (Å²) in [6, 6.07) is 52.0. The molecule has 0 amide bonds. The van der Waals surface area contributed by atoms with Crippen LogP contribution in [0.25, 0.3) is 72.5 Å². The summed E-state index contributed by atoms with van der Waals surface area (Å²) in [5.41, 5.74) is 13.9. The SMILES string of the molecule is CC1(C)c2ccccc2-c2ccc(-c3cc(-c4ccccc4)nc(-c4ccc(-n5c6ccc(C#N)cc6c6cc(C#N)ccc65)cc4)n3)cc21. The topological polar surface area (TPSA) is 78.3 Å². The number of nitriles is 2. The van der Waals surface area contributed by atoms with Crippen molar-refractivity contribution in [3.63, 3.8) is 0 Å². The van der Waals surface area contributed by atoms with Crippen LogP contribution in [-0.2, 0) is 5.41 Å². The van der Waals surface area contributed by atoms with E-state index in [1.165, 1.54) is 22.3 Å². The van der Waals surface area contributed by atoms with Crippen LogP contribution < -0.4 is 0 Å². The van der Waals surface area contributed by atoms with Gasteiger partial charge in [0.05, 0.1) is 45.7 Å². The Hall–Kier alpha value is -6.82. The first kappa shape index (κ1) is 29.3. The van der Waals surface area contributed by atoms with Crippen LogP contribution in [0.3, 0.4) is 0 Å². The van der Waals surface area contributed by atoms with E-state index in [4.69, 9.17) is 9.97 Å². The van der Waals surface area contributed by atoms with Crippen molar-refractivity contribution in [2.24, 2.45) is 0 Å². The molecule has 9 rings (SSSR count). The van der Waals surface area contributed by atoms with Gasteiger partial charge in [-0.2, -0.15) is 10.5 Å². The van der Waals surface area contributed by atoms with Crippen LogP contribution in [0, 0.1) is 22.7 Å². The minimum atomic E-state index is -0.116. The van der Waals surface area contributed by atoms with Gasteiger partial charge in [0.25, 0.3) is 0 Å². The van der Waals surface area contributed by atoms with E-state index in [1.54, 1.807) is 0 Å². The summed E-state index contributed by atoms with van der Waals surface area (Å²) in [6.45, 7) is 4.59. The average Bonchev–Trinajstić information content (AvgIpc) is 3.62. The summed E-state index contributed by atoms with van der Waals surface area (Å²) in [7, 11) is 0. The van der Waals surface area contributed by atoms with E-state index < -0.39 is 0 Å². The fourth-order valence-corrected chi connectivity index (χ4v) is 7.54. The molecule has 234 valence electrons. The van der Waals surface area contributed by atoms with Crippen LogP contribution in [0.1, 0.15) is 36.1 Å². The molecule has 0 saturated heterocycles. The fraction of sp³-hybridized carbons (Fsp3) is 0.0667. The summed E-state index contributed by atoms with van der Waals surface area (Å²) in [5, 5.41) is 21.1. The first-order chi connectivity index (χ1) is 24.4. The average molecular weight is 640 g/mol. The van der Waals surface area contributed by atoms with Gasteiger partial charge in [-0.05, 0) is 95.1 Å². The van der Waals surface area contributed by atoms with Gasteiger partial charge in [0, 0.05) is 38.6 Å². The summed E-state index contributed by atoms with van der Waals surface area (Å²) in [5.74, 6) is 0.649. The van der Waals surface area contributed by atoms with Crippen LogP contribution in [0.5, 0.6) is 0 Å². The van der Waals surface area contributed by atoms with Crippen molar-refractivity contribution in [3.05, 3.63) is 162 Å². The third-order valence-electron chi connectivity index (χ3n) is 10.1. The molecular formula is C45H29N5. The van der Waals surface area contributed by atoms with Gasteiger partial charge >= 0.3 is 0 Å². The summed E-state index contributed by atoms with van der Waals surface area (Å²) < 4.78 is 2.17. The Labute approximate surface area is 290 Å². The smallest absolute Gasteiger partial charge is 0.160 e. The molecule has 5 nitrogen and oxygen atoms in total. The zero-order valence-corrected chi connectivity index (χ0v) is 27.5. The quantitative estimate of drug-likeness (QED) is 0.192. The molecule has 5 heteroatoms. The third kappa shape index (κ3) is 4.53. The molecule has 6 aromatic carbocycles. The van der Waals surface area contributed by atoms with E-state index in [2.05, 4.69) is 115 Å².